The molecule has 1 aromatic rings. The van der Waals surface area contributed by atoms with Crippen LogP contribution in [0.5, 0.6) is 0 Å². The summed E-state index contributed by atoms with van der Waals surface area (Å²) in [5.74, 6) is -0.931. The van der Waals surface area contributed by atoms with Crippen LogP contribution in [0.2, 0.25) is 0 Å². The van der Waals surface area contributed by atoms with E-state index in [2.05, 4.69) is 0 Å². The Morgan fingerprint density at radius 2 is 2.04 bits per heavy atom. The summed E-state index contributed by atoms with van der Waals surface area (Å²) in [5, 5.41) is 1.73. The van der Waals surface area contributed by atoms with Gasteiger partial charge in [-0.3, -0.25) is 9.59 Å². The molecule has 0 radical (unpaired) electrons. The molecule has 1 saturated heterocycles. The molecule has 2 rings (SSSR count). The average molecular weight is 419 g/mol. The van der Waals surface area contributed by atoms with Gasteiger partial charge in [0.05, 0.1) is 13.2 Å². The maximum Gasteiger partial charge on any atom is 0.325 e. The second-order valence-electron chi connectivity index (χ2n) is 6.17. The highest BCUT2D eigenvalue weighted by Crippen LogP contribution is 2.27. The van der Waals surface area contributed by atoms with Gasteiger partial charge < -0.3 is 14.4 Å². The lowest BCUT2D eigenvalue weighted by Gasteiger charge is -2.33. The van der Waals surface area contributed by atoms with E-state index < -0.39 is 16.0 Å². The van der Waals surface area contributed by atoms with Gasteiger partial charge in [0.2, 0.25) is 5.91 Å². The fraction of sp³-hybridized carbons (Fsp3) is 0.647. The van der Waals surface area contributed by atoms with Gasteiger partial charge in [0.15, 0.2) is 0 Å². The molecule has 10 heteroatoms. The van der Waals surface area contributed by atoms with Crippen molar-refractivity contribution in [2.75, 3.05) is 46.5 Å². The number of sulfonamides is 1. The van der Waals surface area contributed by atoms with Crippen molar-refractivity contribution < 1.29 is 27.5 Å². The van der Waals surface area contributed by atoms with Crippen molar-refractivity contribution in [2.45, 2.75) is 24.0 Å². The normalized spacial score (nSPS) is 16.2. The Hall–Kier alpha value is -1.49. The molecule has 0 aromatic carbocycles. The quantitative estimate of drug-likeness (QED) is 0.559. The van der Waals surface area contributed by atoms with Crippen molar-refractivity contribution >= 4 is 33.2 Å². The Kier molecular flexibility index (Phi) is 8.21. The van der Waals surface area contributed by atoms with Gasteiger partial charge in [-0.1, -0.05) is 6.07 Å². The third kappa shape index (κ3) is 5.74. The summed E-state index contributed by atoms with van der Waals surface area (Å²) in [7, 11) is -1.97. The lowest BCUT2D eigenvalue weighted by Crippen LogP contribution is -2.46. The molecule has 1 aliphatic rings. The molecular formula is C17H26N2O6S2. The maximum atomic E-state index is 12.8. The van der Waals surface area contributed by atoms with Crippen molar-refractivity contribution in [3.8, 4) is 0 Å². The van der Waals surface area contributed by atoms with Crippen LogP contribution in [0.15, 0.2) is 21.7 Å². The highest BCUT2D eigenvalue weighted by Gasteiger charge is 2.34. The molecular weight excluding hydrogens is 392 g/mol. The van der Waals surface area contributed by atoms with E-state index >= 15 is 0 Å². The first kappa shape index (κ1) is 21.8. The van der Waals surface area contributed by atoms with Gasteiger partial charge in [0, 0.05) is 32.7 Å². The number of rotatable bonds is 9. The minimum absolute atomic E-state index is 0.121. The summed E-state index contributed by atoms with van der Waals surface area (Å²) < 4.78 is 36.9. The smallest absolute Gasteiger partial charge is 0.325 e. The summed E-state index contributed by atoms with van der Waals surface area (Å²) in [6.45, 7) is 3.03. The number of carbonyl (C=O) groups excluding carboxylic acids is 2. The number of carbonyl (C=O) groups is 2. The second-order valence-corrected chi connectivity index (χ2v) is 9.28. The van der Waals surface area contributed by atoms with Crippen LogP contribution < -0.4 is 0 Å². The Morgan fingerprint density at radius 3 is 2.59 bits per heavy atom. The lowest BCUT2D eigenvalue weighted by molar-refractivity contribution is -0.151. The summed E-state index contributed by atoms with van der Waals surface area (Å²) in [6.07, 6.45) is 0.853. The Morgan fingerprint density at radius 1 is 1.33 bits per heavy atom. The first-order valence-corrected chi connectivity index (χ1v) is 11.2. The molecule has 1 aliphatic heterocycles. The van der Waals surface area contributed by atoms with E-state index in [4.69, 9.17) is 9.47 Å². The van der Waals surface area contributed by atoms with Crippen LogP contribution >= 0.6 is 11.3 Å². The van der Waals surface area contributed by atoms with Crippen LogP contribution in [0.25, 0.3) is 0 Å². The maximum absolute atomic E-state index is 12.8. The molecule has 0 bridgehead atoms. The first-order valence-electron chi connectivity index (χ1n) is 8.87. The summed E-state index contributed by atoms with van der Waals surface area (Å²) in [4.78, 5) is 26.0. The first-order chi connectivity index (χ1) is 12.9. The molecule has 27 heavy (non-hydrogen) atoms. The molecule has 0 spiro atoms. The van der Waals surface area contributed by atoms with E-state index in [1.807, 2.05) is 0 Å². The van der Waals surface area contributed by atoms with Gasteiger partial charge in [0.1, 0.15) is 10.8 Å². The molecule has 1 fully saturated rings. The van der Waals surface area contributed by atoms with Gasteiger partial charge in [-0.2, -0.15) is 4.31 Å². The summed E-state index contributed by atoms with van der Waals surface area (Å²) in [5.41, 5.74) is 0. The van der Waals surface area contributed by atoms with E-state index in [0.717, 1.165) is 0 Å². The van der Waals surface area contributed by atoms with Crippen LogP contribution in [0.1, 0.15) is 19.8 Å². The average Bonchev–Trinajstić information content (AvgIpc) is 3.20. The fourth-order valence-electron chi connectivity index (χ4n) is 2.97. The predicted octanol–water partition coefficient (Wildman–Crippen LogP) is 1.19. The number of hydrogen-bond acceptors (Lipinski definition) is 7. The van der Waals surface area contributed by atoms with Crippen molar-refractivity contribution in [3.63, 3.8) is 0 Å². The molecule has 0 N–H and O–H groups in total. The SMILES string of the molecule is CCOC(=O)CN(CCOC)C(=O)C1CCN(S(=O)(=O)c2cccs2)CC1. The van der Waals surface area contributed by atoms with Crippen molar-refractivity contribution in [1.82, 2.24) is 9.21 Å². The summed E-state index contributed by atoms with van der Waals surface area (Å²) >= 11 is 1.19. The topological polar surface area (TPSA) is 93.2 Å². The van der Waals surface area contributed by atoms with Crippen molar-refractivity contribution in [3.05, 3.63) is 17.5 Å². The molecule has 0 atom stereocenters. The number of ether oxygens (including phenoxy) is 2. The van der Waals surface area contributed by atoms with Crippen LogP contribution in [0.3, 0.4) is 0 Å². The van der Waals surface area contributed by atoms with Crippen molar-refractivity contribution in [1.29, 1.82) is 0 Å². The standard InChI is InChI=1S/C17H26N2O6S2/c1-3-25-15(20)13-18(10-11-24-2)17(21)14-6-8-19(9-7-14)27(22,23)16-5-4-12-26-16/h4-5,12,14H,3,6-11,13H2,1-2H3. The van der Waals surface area contributed by atoms with Gasteiger partial charge >= 0.3 is 5.97 Å². The highest BCUT2D eigenvalue weighted by molar-refractivity contribution is 7.91. The minimum Gasteiger partial charge on any atom is -0.465 e. The molecule has 2 heterocycles. The van der Waals surface area contributed by atoms with Crippen LogP contribution in [-0.4, -0.2) is 76.0 Å². The van der Waals surface area contributed by atoms with Crippen molar-refractivity contribution in [2.24, 2.45) is 5.92 Å². The largest absolute Gasteiger partial charge is 0.465 e. The molecule has 1 aromatic heterocycles. The lowest BCUT2D eigenvalue weighted by atomic mass is 9.96. The number of thiophene rings is 1. The van der Waals surface area contributed by atoms with Crippen LogP contribution in [0, 0.1) is 5.92 Å². The van der Waals surface area contributed by atoms with Gasteiger partial charge in [-0.05, 0) is 31.2 Å². The third-order valence-electron chi connectivity index (χ3n) is 4.39. The van der Waals surface area contributed by atoms with E-state index in [9.17, 15) is 18.0 Å². The highest BCUT2D eigenvalue weighted by atomic mass is 32.2. The molecule has 0 saturated carbocycles. The third-order valence-corrected chi connectivity index (χ3v) is 7.67. The Labute approximate surface area is 164 Å². The molecule has 1 amide bonds. The number of nitrogens with zero attached hydrogens (tertiary/aromatic N) is 2. The Bertz CT molecular complexity index is 712. The second kappa shape index (κ2) is 10.2. The van der Waals surface area contributed by atoms with Gasteiger partial charge in [0.25, 0.3) is 10.0 Å². The van der Waals surface area contributed by atoms with Gasteiger partial charge in [-0.25, -0.2) is 8.42 Å². The molecule has 8 nitrogen and oxygen atoms in total. The number of amides is 1. The van der Waals surface area contributed by atoms with E-state index in [1.165, 1.54) is 27.7 Å². The van der Waals surface area contributed by atoms with Crippen LogP contribution in [-0.2, 0) is 29.1 Å². The minimum atomic E-state index is -3.50. The zero-order valence-electron chi connectivity index (χ0n) is 15.6. The Balaban J connectivity index is 1.97. The fourth-order valence-corrected chi connectivity index (χ4v) is 5.58. The zero-order chi connectivity index (χ0) is 19.9. The predicted molar refractivity (Wildman–Crippen MR) is 101 cm³/mol. The van der Waals surface area contributed by atoms with E-state index in [1.54, 1.807) is 24.4 Å². The number of methoxy groups -OCH3 is 1. The zero-order valence-corrected chi connectivity index (χ0v) is 17.3. The van der Waals surface area contributed by atoms with E-state index in [-0.39, 0.29) is 38.1 Å². The van der Waals surface area contributed by atoms with Gasteiger partial charge in [-0.15, -0.1) is 11.3 Å². The number of piperidine rings is 1. The summed E-state index contributed by atoms with van der Waals surface area (Å²) in [6, 6.07) is 3.29. The number of hydrogen-bond donors (Lipinski definition) is 0. The van der Waals surface area contributed by atoms with Crippen LogP contribution in [0.4, 0.5) is 0 Å². The molecule has 152 valence electrons. The van der Waals surface area contributed by atoms with E-state index in [0.29, 0.717) is 30.2 Å². The molecule has 0 aliphatic carbocycles. The monoisotopic (exact) mass is 418 g/mol. The molecule has 0 unspecified atom stereocenters. The number of esters is 1.